The van der Waals surface area contributed by atoms with Crippen molar-refractivity contribution in [2.24, 2.45) is 0 Å². The molecule has 0 radical (unpaired) electrons. The van der Waals surface area contributed by atoms with E-state index in [0.717, 1.165) is 16.9 Å². The number of anilines is 1. The number of nitrogens with zero attached hydrogens (tertiary/aromatic N) is 4. The van der Waals surface area contributed by atoms with E-state index in [2.05, 4.69) is 15.1 Å². The van der Waals surface area contributed by atoms with E-state index in [4.69, 9.17) is 17.3 Å². The van der Waals surface area contributed by atoms with Crippen molar-refractivity contribution in [2.75, 3.05) is 5.73 Å². The second kappa shape index (κ2) is 3.88. The molecule has 5 nitrogen and oxygen atoms in total. The first-order valence-corrected chi connectivity index (χ1v) is 4.67. The van der Waals surface area contributed by atoms with Crippen LogP contribution in [0, 0.1) is 0 Å². The van der Waals surface area contributed by atoms with Crippen LogP contribution in [0.15, 0.2) is 18.5 Å². The number of nitrogens with two attached hydrogens (primary N) is 1. The number of hydrogen-bond acceptors (Lipinski definition) is 4. The molecule has 2 heterocycles. The molecule has 0 spiro atoms. The molecule has 0 aliphatic rings. The molecule has 2 N–H and O–H groups in total. The molecule has 0 atom stereocenters. The minimum absolute atomic E-state index is 0.00494. The molecule has 17 heavy (non-hydrogen) atoms. The maximum Gasteiger partial charge on any atom is 0.435 e. The molecule has 2 aromatic heterocycles. The molecule has 90 valence electrons. The highest BCUT2D eigenvalue weighted by molar-refractivity contribution is 6.32. The van der Waals surface area contributed by atoms with E-state index in [9.17, 15) is 13.2 Å². The van der Waals surface area contributed by atoms with E-state index in [0.29, 0.717) is 0 Å². The molecule has 0 aliphatic carbocycles. The lowest BCUT2D eigenvalue weighted by atomic mass is 10.4. The highest BCUT2D eigenvalue weighted by atomic mass is 35.5. The Morgan fingerprint density at radius 3 is 2.65 bits per heavy atom. The van der Waals surface area contributed by atoms with Crippen LogP contribution >= 0.6 is 11.6 Å². The molecular formula is C8H5ClF3N5. The van der Waals surface area contributed by atoms with E-state index in [1.54, 1.807) is 0 Å². The van der Waals surface area contributed by atoms with Crippen LogP contribution < -0.4 is 5.73 Å². The summed E-state index contributed by atoms with van der Waals surface area (Å²) in [5.74, 6) is -0.108. The Hall–Kier alpha value is -1.83. The van der Waals surface area contributed by atoms with Gasteiger partial charge in [-0.15, -0.1) is 0 Å². The van der Waals surface area contributed by atoms with Crippen molar-refractivity contribution in [2.45, 2.75) is 6.18 Å². The van der Waals surface area contributed by atoms with Crippen LogP contribution in [0.25, 0.3) is 5.82 Å². The summed E-state index contributed by atoms with van der Waals surface area (Å²) < 4.78 is 37.9. The number of halogens is 4. The molecule has 9 heteroatoms. The van der Waals surface area contributed by atoms with Gasteiger partial charge in [0.2, 0.25) is 5.95 Å². The van der Waals surface area contributed by atoms with Crippen molar-refractivity contribution < 1.29 is 13.2 Å². The molecule has 0 amide bonds. The average Bonchev–Trinajstić information content (AvgIpc) is 2.70. The fourth-order valence-electron chi connectivity index (χ4n) is 1.13. The Morgan fingerprint density at radius 1 is 1.35 bits per heavy atom. The summed E-state index contributed by atoms with van der Waals surface area (Å²) in [5, 5.41) is 3.37. The fourth-order valence-corrected chi connectivity index (χ4v) is 1.30. The van der Waals surface area contributed by atoms with Gasteiger partial charge in [0.05, 0.1) is 6.20 Å². The maximum atomic E-state index is 12.3. The van der Waals surface area contributed by atoms with Crippen LogP contribution in [0.3, 0.4) is 0 Å². The second-order valence-electron chi connectivity index (χ2n) is 3.04. The number of aromatic nitrogens is 4. The maximum absolute atomic E-state index is 12.3. The number of nitrogen functional groups attached to an aromatic ring is 1. The van der Waals surface area contributed by atoms with Crippen LogP contribution in [0.5, 0.6) is 0 Å². The van der Waals surface area contributed by atoms with Gasteiger partial charge in [-0.1, -0.05) is 11.6 Å². The standard InChI is InChI=1S/C8H5ClF3N5/c9-4-3-14-7(13)15-6(4)17-2-1-5(16-17)8(10,11)12/h1-3H,(H2,13,14,15). The van der Waals surface area contributed by atoms with Crippen LogP contribution in [0.2, 0.25) is 5.02 Å². The zero-order valence-corrected chi connectivity index (χ0v) is 8.87. The highest BCUT2D eigenvalue weighted by Crippen LogP contribution is 2.28. The van der Waals surface area contributed by atoms with Gasteiger partial charge in [-0.25, -0.2) is 9.67 Å². The SMILES string of the molecule is Nc1ncc(Cl)c(-n2ccc(C(F)(F)F)n2)n1. The molecule has 2 aromatic rings. The fraction of sp³-hybridized carbons (Fsp3) is 0.125. The molecule has 0 aliphatic heterocycles. The van der Waals surface area contributed by atoms with Crippen LogP contribution in [-0.4, -0.2) is 19.7 Å². The smallest absolute Gasteiger partial charge is 0.368 e. The quantitative estimate of drug-likeness (QED) is 0.853. The first-order valence-electron chi connectivity index (χ1n) is 4.29. The Bertz CT molecular complexity index is 550. The zero-order valence-electron chi connectivity index (χ0n) is 8.11. The topological polar surface area (TPSA) is 69.6 Å². The van der Waals surface area contributed by atoms with Gasteiger partial charge in [0, 0.05) is 6.20 Å². The molecule has 0 saturated heterocycles. The minimum Gasteiger partial charge on any atom is -0.368 e. The largest absolute Gasteiger partial charge is 0.435 e. The molecule has 0 aromatic carbocycles. The van der Waals surface area contributed by atoms with Crippen molar-refractivity contribution >= 4 is 17.5 Å². The van der Waals surface area contributed by atoms with Gasteiger partial charge in [-0.2, -0.15) is 23.3 Å². The lowest BCUT2D eigenvalue weighted by Crippen LogP contribution is -2.09. The second-order valence-corrected chi connectivity index (χ2v) is 3.45. The summed E-state index contributed by atoms with van der Waals surface area (Å²) in [6.07, 6.45) is -2.24. The van der Waals surface area contributed by atoms with Gasteiger partial charge in [0.25, 0.3) is 0 Å². The lowest BCUT2D eigenvalue weighted by Gasteiger charge is -2.04. The van der Waals surface area contributed by atoms with Crippen molar-refractivity contribution in [1.29, 1.82) is 0 Å². The van der Waals surface area contributed by atoms with Gasteiger partial charge in [0.1, 0.15) is 5.02 Å². The van der Waals surface area contributed by atoms with Crippen molar-refractivity contribution in [3.05, 3.63) is 29.2 Å². The van der Waals surface area contributed by atoms with Crippen molar-refractivity contribution in [3.8, 4) is 5.82 Å². The molecule has 0 saturated carbocycles. The summed E-state index contributed by atoms with van der Waals surface area (Å²) in [7, 11) is 0. The summed E-state index contributed by atoms with van der Waals surface area (Å²) in [6, 6.07) is 0.814. The molecule has 0 bridgehead atoms. The predicted molar refractivity (Wildman–Crippen MR) is 53.6 cm³/mol. The van der Waals surface area contributed by atoms with E-state index in [1.807, 2.05) is 0 Å². The third-order valence-electron chi connectivity index (χ3n) is 1.84. The van der Waals surface area contributed by atoms with Gasteiger partial charge in [0.15, 0.2) is 11.5 Å². The monoisotopic (exact) mass is 263 g/mol. The third kappa shape index (κ3) is 2.31. The Balaban J connectivity index is 2.47. The lowest BCUT2D eigenvalue weighted by molar-refractivity contribution is -0.141. The summed E-state index contributed by atoms with van der Waals surface area (Å²) in [4.78, 5) is 7.30. The van der Waals surface area contributed by atoms with Gasteiger partial charge >= 0.3 is 6.18 Å². The van der Waals surface area contributed by atoms with Crippen LogP contribution in [-0.2, 0) is 6.18 Å². The summed E-state index contributed by atoms with van der Waals surface area (Å²) in [6.45, 7) is 0. The van der Waals surface area contributed by atoms with Crippen molar-refractivity contribution in [3.63, 3.8) is 0 Å². The average molecular weight is 264 g/mol. The molecule has 2 rings (SSSR count). The predicted octanol–water partition coefficient (Wildman–Crippen LogP) is 1.92. The normalized spacial score (nSPS) is 11.8. The van der Waals surface area contributed by atoms with E-state index in [1.165, 1.54) is 6.20 Å². The minimum atomic E-state index is -4.52. The van der Waals surface area contributed by atoms with E-state index < -0.39 is 11.9 Å². The van der Waals surface area contributed by atoms with Gasteiger partial charge < -0.3 is 5.73 Å². The molecule has 0 fully saturated rings. The first-order chi connectivity index (χ1) is 7.88. The van der Waals surface area contributed by atoms with Gasteiger partial charge in [-0.05, 0) is 6.07 Å². The first kappa shape index (κ1) is 11.6. The Labute approximate surface area is 98.0 Å². The Kier molecular flexibility index (Phi) is 2.66. The van der Waals surface area contributed by atoms with Crippen LogP contribution in [0.4, 0.5) is 19.1 Å². The van der Waals surface area contributed by atoms with E-state index in [-0.39, 0.29) is 16.8 Å². The molecular weight excluding hydrogens is 259 g/mol. The van der Waals surface area contributed by atoms with Gasteiger partial charge in [-0.3, -0.25) is 0 Å². The number of hydrogen-bond donors (Lipinski definition) is 1. The van der Waals surface area contributed by atoms with E-state index >= 15 is 0 Å². The third-order valence-corrected chi connectivity index (χ3v) is 2.11. The molecule has 0 unspecified atom stereocenters. The van der Waals surface area contributed by atoms with Crippen molar-refractivity contribution in [1.82, 2.24) is 19.7 Å². The number of rotatable bonds is 1. The van der Waals surface area contributed by atoms with Crippen LogP contribution in [0.1, 0.15) is 5.69 Å². The highest BCUT2D eigenvalue weighted by Gasteiger charge is 2.33. The zero-order chi connectivity index (χ0) is 12.6. The number of alkyl halides is 3. The summed E-state index contributed by atoms with van der Waals surface area (Å²) >= 11 is 5.73. The Morgan fingerprint density at radius 2 is 2.06 bits per heavy atom. The summed E-state index contributed by atoms with van der Waals surface area (Å²) in [5.41, 5.74) is 4.28.